The number of nitrogens with zero attached hydrogens (tertiary/aromatic N) is 1. The predicted molar refractivity (Wildman–Crippen MR) is 116 cm³/mol. The Morgan fingerprint density at radius 2 is 1.83 bits per heavy atom. The number of ether oxygens (including phenoxy) is 1. The second-order valence-corrected chi connectivity index (χ2v) is 7.37. The Morgan fingerprint density at radius 1 is 1.10 bits per heavy atom. The fourth-order valence-corrected chi connectivity index (χ4v) is 3.32. The standard InChI is InChI=1S/C23H21ClN2O4/c1-15-8-9-16(2)19(12-15)23(17-6-4-3-5-7-17)25-22(27)14-30-21-11-10-18(24)13-20(21)26(28)29/h3-13,23H,14H2,1-2H3,(H,25,27)/t23-/m1/s1. The van der Waals surface area contributed by atoms with E-state index in [1.807, 2.05) is 62.4 Å². The normalized spacial score (nSPS) is 11.6. The highest BCUT2D eigenvalue weighted by Crippen LogP contribution is 2.30. The van der Waals surface area contributed by atoms with Gasteiger partial charge in [0.05, 0.1) is 11.0 Å². The number of aryl methyl sites for hydroxylation is 2. The maximum absolute atomic E-state index is 12.7. The molecule has 6 nitrogen and oxygen atoms in total. The predicted octanol–water partition coefficient (Wildman–Crippen LogP) is 5.15. The summed E-state index contributed by atoms with van der Waals surface area (Å²) in [7, 11) is 0. The topological polar surface area (TPSA) is 81.5 Å². The van der Waals surface area contributed by atoms with Gasteiger partial charge >= 0.3 is 5.69 Å². The minimum absolute atomic E-state index is 0.0115. The van der Waals surface area contributed by atoms with Crippen molar-refractivity contribution in [2.75, 3.05) is 6.61 Å². The van der Waals surface area contributed by atoms with Crippen molar-refractivity contribution in [2.45, 2.75) is 19.9 Å². The largest absolute Gasteiger partial charge is 0.477 e. The Bertz CT molecular complexity index is 1070. The second-order valence-electron chi connectivity index (χ2n) is 6.93. The summed E-state index contributed by atoms with van der Waals surface area (Å²) in [5.74, 6) is -0.406. The van der Waals surface area contributed by atoms with Crippen molar-refractivity contribution >= 4 is 23.2 Å². The van der Waals surface area contributed by atoms with E-state index < -0.39 is 10.8 Å². The van der Waals surface area contributed by atoms with E-state index in [2.05, 4.69) is 5.32 Å². The molecule has 154 valence electrons. The van der Waals surface area contributed by atoms with Crippen molar-refractivity contribution in [3.63, 3.8) is 0 Å². The SMILES string of the molecule is Cc1ccc(C)c([C@H](NC(=O)COc2ccc(Cl)cc2[N+](=O)[O-])c2ccccc2)c1. The number of nitro groups is 1. The molecule has 0 heterocycles. The summed E-state index contributed by atoms with van der Waals surface area (Å²) in [6, 6.07) is 19.4. The van der Waals surface area contributed by atoms with Crippen molar-refractivity contribution in [1.29, 1.82) is 0 Å². The number of benzene rings is 3. The lowest BCUT2D eigenvalue weighted by atomic mass is 9.93. The minimum Gasteiger partial charge on any atom is -0.477 e. The first-order chi connectivity index (χ1) is 14.3. The number of rotatable bonds is 7. The van der Waals surface area contributed by atoms with Gasteiger partial charge in [0, 0.05) is 11.1 Å². The highest BCUT2D eigenvalue weighted by molar-refractivity contribution is 6.30. The molecule has 0 aliphatic rings. The van der Waals surface area contributed by atoms with Crippen molar-refractivity contribution < 1.29 is 14.5 Å². The van der Waals surface area contributed by atoms with Gasteiger partial charge in [-0.25, -0.2) is 0 Å². The fourth-order valence-electron chi connectivity index (χ4n) is 3.16. The minimum atomic E-state index is -0.595. The van der Waals surface area contributed by atoms with Gasteiger partial charge in [0.2, 0.25) is 0 Å². The number of halogens is 1. The van der Waals surface area contributed by atoms with Crippen LogP contribution in [0.15, 0.2) is 66.7 Å². The molecule has 1 atom stereocenters. The monoisotopic (exact) mass is 424 g/mol. The average Bonchev–Trinajstić information content (AvgIpc) is 2.73. The van der Waals surface area contributed by atoms with Crippen molar-refractivity contribution in [2.24, 2.45) is 0 Å². The highest BCUT2D eigenvalue weighted by Gasteiger charge is 2.21. The molecule has 3 rings (SSSR count). The summed E-state index contributed by atoms with van der Waals surface area (Å²) in [4.78, 5) is 23.3. The van der Waals surface area contributed by atoms with Gasteiger partial charge in [0.1, 0.15) is 0 Å². The molecule has 1 N–H and O–H groups in total. The lowest BCUT2D eigenvalue weighted by Crippen LogP contribution is -2.33. The van der Waals surface area contributed by atoms with E-state index in [0.717, 1.165) is 22.3 Å². The van der Waals surface area contributed by atoms with Gasteiger partial charge < -0.3 is 10.1 Å². The van der Waals surface area contributed by atoms with E-state index >= 15 is 0 Å². The number of hydrogen-bond acceptors (Lipinski definition) is 4. The quantitative estimate of drug-likeness (QED) is 0.420. The first-order valence-corrected chi connectivity index (χ1v) is 9.71. The van der Waals surface area contributed by atoms with Crippen LogP contribution in [-0.2, 0) is 4.79 Å². The highest BCUT2D eigenvalue weighted by atomic mass is 35.5. The second kappa shape index (κ2) is 9.41. The molecule has 1 amide bonds. The summed E-state index contributed by atoms with van der Waals surface area (Å²) in [5, 5.41) is 14.4. The van der Waals surface area contributed by atoms with Gasteiger partial charge in [-0.15, -0.1) is 0 Å². The molecule has 0 spiro atoms. The lowest BCUT2D eigenvalue weighted by molar-refractivity contribution is -0.385. The third-order valence-electron chi connectivity index (χ3n) is 4.66. The van der Waals surface area contributed by atoms with Crippen molar-refractivity contribution in [1.82, 2.24) is 5.32 Å². The van der Waals surface area contributed by atoms with Crippen LogP contribution in [0.5, 0.6) is 5.75 Å². The van der Waals surface area contributed by atoms with E-state index in [4.69, 9.17) is 16.3 Å². The van der Waals surface area contributed by atoms with Crippen LogP contribution >= 0.6 is 11.6 Å². The molecule has 0 saturated heterocycles. The molecule has 0 aliphatic carbocycles. The Labute approximate surface area is 179 Å². The number of amides is 1. The molecule has 0 saturated carbocycles. The molecule has 7 heteroatoms. The number of nitro benzene ring substituents is 1. The zero-order valence-electron chi connectivity index (χ0n) is 16.6. The number of carbonyl (C=O) groups excluding carboxylic acids is 1. The summed E-state index contributed by atoms with van der Waals surface area (Å²) < 4.78 is 5.43. The third-order valence-corrected chi connectivity index (χ3v) is 4.90. The van der Waals surface area contributed by atoms with Gasteiger partial charge in [0.15, 0.2) is 12.4 Å². The molecule has 0 radical (unpaired) electrons. The molecular weight excluding hydrogens is 404 g/mol. The van der Waals surface area contributed by atoms with Gasteiger partial charge in [0.25, 0.3) is 5.91 Å². The lowest BCUT2D eigenvalue weighted by Gasteiger charge is -2.22. The van der Waals surface area contributed by atoms with Crippen LogP contribution in [0.25, 0.3) is 0 Å². The molecule has 0 fully saturated rings. The molecule has 0 unspecified atom stereocenters. The summed E-state index contributed by atoms with van der Waals surface area (Å²) in [5.41, 5.74) is 3.75. The number of hydrogen-bond donors (Lipinski definition) is 1. The fraction of sp³-hybridized carbons (Fsp3) is 0.174. The number of carbonyl (C=O) groups is 1. The summed E-state index contributed by atoms with van der Waals surface area (Å²) in [6.45, 7) is 3.62. The molecule has 30 heavy (non-hydrogen) atoms. The average molecular weight is 425 g/mol. The molecular formula is C23H21ClN2O4. The maximum atomic E-state index is 12.7. The Hall–Kier alpha value is -3.38. The van der Waals surface area contributed by atoms with E-state index in [1.54, 1.807) is 0 Å². The van der Waals surface area contributed by atoms with Gasteiger partial charge in [-0.2, -0.15) is 0 Å². The summed E-state index contributed by atoms with van der Waals surface area (Å²) in [6.07, 6.45) is 0. The van der Waals surface area contributed by atoms with Crippen LogP contribution < -0.4 is 10.1 Å². The zero-order valence-corrected chi connectivity index (χ0v) is 17.3. The number of nitrogens with one attached hydrogen (secondary N) is 1. The molecule has 0 aliphatic heterocycles. The van der Waals surface area contributed by atoms with Crippen LogP contribution in [0.3, 0.4) is 0 Å². The van der Waals surface area contributed by atoms with Gasteiger partial charge in [-0.05, 0) is 42.7 Å². The van der Waals surface area contributed by atoms with E-state index in [0.29, 0.717) is 0 Å². The smallest absolute Gasteiger partial charge is 0.312 e. The van der Waals surface area contributed by atoms with Gasteiger partial charge in [-0.1, -0.05) is 65.7 Å². The van der Waals surface area contributed by atoms with Crippen LogP contribution in [0.2, 0.25) is 5.02 Å². The van der Waals surface area contributed by atoms with Crippen LogP contribution in [-0.4, -0.2) is 17.4 Å². The Kier molecular flexibility index (Phi) is 6.69. The van der Waals surface area contributed by atoms with Crippen LogP contribution in [0.4, 0.5) is 5.69 Å². The summed E-state index contributed by atoms with van der Waals surface area (Å²) >= 11 is 5.82. The Balaban J connectivity index is 1.81. The van der Waals surface area contributed by atoms with Crippen LogP contribution in [0.1, 0.15) is 28.3 Å². The van der Waals surface area contributed by atoms with E-state index in [9.17, 15) is 14.9 Å². The van der Waals surface area contributed by atoms with Crippen molar-refractivity contribution in [3.8, 4) is 5.75 Å². The van der Waals surface area contributed by atoms with Crippen molar-refractivity contribution in [3.05, 3.63) is 104 Å². The Morgan fingerprint density at radius 3 is 2.53 bits per heavy atom. The van der Waals surface area contributed by atoms with E-state index in [1.165, 1.54) is 18.2 Å². The molecule has 0 aromatic heterocycles. The van der Waals surface area contributed by atoms with Gasteiger partial charge in [-0.3, -0.25) is 14.9 Å². The maximum Gasteiger partial charge on any atom is 0.312 e. The first kappa shape index (κ1) is 21.3. The zero-order chi connectivity index (χ0) is 21.7. The first-order valence-electron chi connectivity index (χ1n) is 9.33. The molecule has 3 aromatic rings. The van der Waals surface area contributed by atoms with Crippen LogP contribution in [0, 0.1) is 24.0 Å². The molecule has 0 bridgehead atoms. The molecule has 3 aromatic carbocycles. The third kappa shape index (κ3) is 5.15. The van der Waals surface area contributed by atoms with E-state index in [-0.39, 0.29) is 29.1 Å².